The van der Waals surface area contributed by atoms with Crippen molar-refractivity contribution < 1.29 is 9.53 Å². The summed E-state index contributed by atoms with van der Waals surface area (Å²) in [6, 6.07) is 0. The molecular formula is C21H38O2Si. The van der Waals surface area contributed by atoms with Crippen molar-refractivity contribution in [1.29, 1.82) is 0 Å². The topological polar surface area (TPSA) is 29.5 Å². The first-order valence-corrected chi connectivity index (χ1v) is 12.5. The van der Waals surface area contributed by atoms with Gasteiger partial charge in [0, 0.05) is 24.9 Å². The lowest BCUT2D eigenvalue weighted by atomic mass is 9.89. The van der Waals surface area contributed by atoms with Gasteiger partial charge in [0.25, 0.3) is 0 Å². The summed E-state index contributed by atoms with van der Waals surface area (Å²) in [6.07, 6.45) is 10.1. The van der Waals surface area contributed by atoms with Crippen molar-refractivity contribution in [2.45, 2.75) is 90.0 Å². The first kappa shape index (κ1) is 21.5. The highest BCUT2D eigenvalue weighted by molar-refractivity contribution is 6.74. The predicted molar refractivity (Wildman–Crippen MR) is 106 cm³/mol. The largest absolute Gasteiger partial charge is 0.410 e. The molecule has 24 heavy (non-hydrogen) atoms. The van der Waals surface area contributed by atoms with Gasteiger partial charge in [-0.15, -0.1) is 12.5 Å². The second-order valence-electron chi connectivity index (χ2n) is 8.72. The van der Waals surface area contributed by atoms with Gasteiger partial charge in [0.2, 0.25) is 0 Å². The highest BCUT2D eigenvalue weighted by Gasteiger charge is 2.39. The second kappa shape index (κ2) is 9.80. The fraction of sp³-hybridized carbons (Fsp3) is 0.810. The van der Waals surface area contributed by atoms with Crippen molar-refractivity contribution in [2.75, 3.05) is 6.61 Å². The van der Waals surface area contributed by atoms with E-state index in [-0.39, 0.29) is 23.7 Å². The number of aliphatic hydroxyl groups is 1. The van der Waals surface area contributed by atoms with E-state index in [0.29, 0.717) is 5.92 Å². The molecule has 0 aromatic heterocycles. The van der Waals surface area contributed by atoms with Crippen LogP contribution in [0.1, 0.15) is 65.7 Å². The minimum Gasteiger partial charge on any atom is -0.410 e. The Bertz CT molecular complexity index is 433. The van der Waals surface area contributed by atoms with Gasteiger partial charge in [-0.05, 0) is 37.4 Å². The lowest BCUT2D eigenvalue weighted by Crippen LogP contribution is -2.45. The summed E-state index contributed by atoms with van der Waals surface area (Å²) in [5.74, 6) is 7.49. The molecular weight excluding hydrogens is 312 g/mol. The van der Waals surface area contributed by atoms with E-state index in [0.717, 1.165) is 12.8 Å². The van der Waals surface area contributed by atoms with E-state index >= 15 is 0 Å². The average molecular weight is 351 g/mol. The van der Waals surface area contributed by atoms with E-state index in [4.69, 9.17) is 4.43 Å². The Labute approximate surface area is 151 Å². The van der Waals surface area contributed by atoms with E-state index in [9.17, 15) is 5.11 Å². The van der Waals surface area contributed by atoms with E-state index in [1.807, 2.05) is 6.08 Å². The van der Waals surface area contributed by atoms with Crippen LogP contribution in [0.25, 0.3) is 0 Å². The Hall–Kier alpha value is -0.563. The molecule has 0 aromatic carbocycles. The second-order valence-corrected chi connectivity index (χ2v) is 13.5. The lowest BCUT2D eigenvalue weighted by molar-refractivity contribution is 0.102. The normalized spacial score (nSPS) is 19.2. The van der Waals surface area contributed by atoms with E-state index in [1.165, 1.54) is 32.1 Å². The maximum absolute atomic E-state index is 9.81. The summed E-state index contributed by atoms with van der Waals surface area (Å²) < 4.78 is 6.46. The lowest BCUT2D eigenvalue weighted by Gasteiger charge is -2.40. The molecule has 1 saturated carbocycles. The molecule has 0 aromatic rings. The Balaban J connectivity index is 2.56. The number of aliphatic hydroxyl groups excluding tert-OH is 1. The smallest absolute Gasteiger partial charge is 0.192 e. The van der Waals surface area contributed by atoms with Gasteiger partial charge in [-0.25, -0.2) is 0 Å². The Morgan fingerprint density at radius 3 is 2.38 bits per heavy atom. The van der Waals surface area contributed by atoms with Crippen LogP contribution in [0.2, 0.25) is 18.1 Å². The van der Waals surface area contributed by atoms with Crippen molar-refractivity contribution in [3.05, 3.63) is 12.7 Å². The highest BCUT2D eigenvalue weighted by atomic mass is 28.4. The van der Waals surface area contributed by atoms with Crippen LogP contribution in [0.4, 0.5) is 0 Å². The van der Waals surface area contributed by atoms with Crippen molar-refractivity contribution in [2.24, 2.45) is 11.8 Å². The zero-order valence-corrected chi connectivity index (χ0v) is 17.5. The first-order chi connectivity index (χ1) is 11.2. The van der Waals surface area contributed by atoms with Gasteiger partial charge in [-0.3, -0.25) is 0 Å². The van der Waals surface area contributed by atoms with Crippen LogP contribution in [-0.4, -0.2) is 26.1 Å². The molecule has 138 valence electrons. The zero-order chi connectivity index (χ0) is 18.2. The first-order valence-electron chi connectivity index (χ1n) is 9.61. The van der Waals surface area contributed by atoms with Gasteiger partial charge in [-0.2, -0.15) is 0 Å². The summed E-state index contributed by atoms with van der Waals surface area (Å²) in [4.78, 5) is 0. The monoisotopic (exact) mass is 350 g/mol. The standard InChI is InChI=1S/C21H38O2Si/c1-7-20(23-24(5,6)21(2,3)4)19(17-22)16-12-11-15-18-13-9-8-10-14-18/h7,18-20,22H,1,8-10,12-14,16-17H2,2-6H3/t19-,20-/m0/s1. The molecule has 2 nitrogen and oxygen atoms in total. The van der Waals surface area contributed by atoms with Gasteiger partial charge in [0.05, 0.1) is 6.10 Å². The molecule has 1 aliphatic carbocycles. The van der Waals surface area contributed by atoms with Crippen LogP contribution >= 0.6 is 0 Å². The molecule has 1 fully saturated rings. The van der Waals surface area contributed by atoms with Gasteiger partial charge in [0.1, 0.15) is 0 Å². The van der Waals surface area contributed by atoms with Crippen molar-refractivity contribution in [1.82, 2.24) is 0 Å². The van der Waals surface area contributed by atoms with Crippen molar-refractivity contribution in [3.63, 3.8) is 0 Å². The third kappa shape index (κ3) is 6.74. The minimum absolute atomic E-state index is 0.0765. The summed E-state index contributed by atoms with van der Waals surface area (Å²) in [6.45, 7) is 15.3. The fourth-order valence-electron chi connectivity index (χ4n) is 2.93. The van der Waals surface area contributed by atoms with Crippen molar-refractivity contribution in [3.8, 4) is 11.8 Å². The van der Waals surface area contributed by atoms with Crippen molar-refractivity contribution >= 4 is 8.32 Å². The van der Waals surface area contributed by atoms with Gasteiger partial charge in [-0.1, -0.05) is 52.0 Å². The van der Waals surface area contributed by atoms with Crippen LogP contribution in [0.3, 0.4) is 0 Å². The molecule has 0 unspecified atom stereocenters. The van der Waals surface area contributed by atoms with Crippen LogP contribution in [-0.2, 0) is 4.43 Å². The minimum atomic E-state index is -1.86. The number of hydrogen-bond acceptors (Lipinski definition) is 2. The van der Waals surface area contributed by atoms with Gasteiger partial charge < -0.3 is 9.53 Å². The predicted octanol–water partition coefficient (Wildman–Crippen LogP) is 5.54. The van der Waals surface area contributed by atoms with Crippen LogP contribution in [0.5, 0.6) is 0 Å². The van der Waals surface area contributed by atoms with E-state index in [1.54, 1.807) is 0 Å². The third-order valence-corrected chi connectivity index (χ3v) is 10.2. The average Bonchev–Trinajstić information content (AvgIpc) is 2.53. The zero-order valence-electron chi connectivity index (χ0n) is 16.5. The third-order valence-electron chi connectivity index (χ3n) is 5.72. The van der Waals surface area contributed by atoms with E-state index in [2.05, 4.69) is 52.3 Å². The molecule has 0 amide bonds. The SMILES string of the molecule is C=C[C@H](O[Si](C)(C)C(C)(C)C)[C@H](CO)CCC#CC1CCCCC1. The summed E-state index contributed by atoms with van der Waals surface area (Å²) in [5.41, 5.74) is 0. The number of rotatable bonds is 7. The maximum Gasteiger partial charge on any atom is 0.192 e. The Morgan fingerprint density at radius 2 is 1.88 bits per heavy atom. The summed E-state index contributed by atoms with van der Waals surface area (Å²) in [5, 5.41) is 9.98. The van der Waals surface area contributed by atoms with Crippen LogP contribution in [0, 0.1) is 23.7 Å². The van der Waals surface area contributed by atoms with E-state index < -0.39 is 8.32 Å². The molecule has 0 saturated heterocycles. The Morgan fingerprint density at radius 1 is 1.25 bits per heavy atom. The molecule has 1 rings (SSSR count). The quantitative estimate of drug-likeness (QED) is 0.371. The molecule has 0 aliphatic heterocycles. The summed E-state index contributed by atoms with van der Waals surface area (Å²) >= 11 is 0. The van der Waals surface area contributed by atoms with Crippen LogP contribution < -0.4 is 0 Å². The van der Waals surface area contributed by atoms with Gasteiger partial charge >= 0.3 is 0 Å². The Kier molecular flexibility index (Phi) is 8.77. The molecule has 3 heteroatoms. The molecule has 0 spiro atoms. The fourth-order valence-corrected chi connectivity index (χ4v) is 4.26. The molecule has 0 bridgehead atoms. The molecule has 0 radical (unpaired) electrons. The molecule has 0 heterocycles. The molecule has 1 N–H and O–H groups in total. The summed E-state index contributed by atoms with van der Waals surface area (Å²) in [7, 11) is -1.86. The highest BCUT2D eigenvalue weighted by Crippen LogP contribution is 2.38. The van der Waals surface area contributed by atoms with Crippen LogP contribution in [0.15, 0.2) is 12.7 Å². The maximum atomic E-state index is 9.81. The molecule has 1 aliphatic rings. The number of hydrogen-bond donors (Lipinski definition) is 1. The molecule has 2 atom stereocenters. The van der Waals surface area contributed by atoms with Gasteiger partial charge in [0.15, 0.2) is 8.32 Å².